The zero-order valence-corrected chi connectivity index (χ0v) is 16.3. The Labute approximate surface area is 164 Å². The largest absolute Gasteiger partial charge is 0.491 e. The molecule has 3 aromatic rings. The van der Waals surface area contributed by atoms with Gasteiger partial charge in [0, 0.05) is 29.3 Å². The van der Waals surface area contributed by atoms with E-state index in [1.807, 2.05) is 37.3 Å². The lowest BCUT2D eigenvalue weighted by Gasteiger charge is -2.12. The molecule has 5 heteroatoms. The minimum Gasteiger partial charge on any atom is -0.491 e. The van der Waals surface area contributed by atoms with E-state index in [2.05, 4.69) is 18.3 Å². The molecule has 28 heavy (non-hydrogen) atoms. The molecule has 1 atom stereocenters. The van der Waals surface area contributed by atoms with E-state index in [0.29, 0.717) is 6.61 Å². The van der Waals surface area contributed by atoms with Crippen molar-refractivity contribution in [3.8, 4) is 5.75 Å². The number of benzene rings is 2. The lowest BCUT2D eigenvalue weighted by atomic mass is 10.0. The number of amides is 1. The zero-order valence-electron chi connectivity index (χ0n) is 16.3. The Morgan fingerprint density at radius 2 is 2.14 bits per heavy atom. The molecule has 4 rings (SSSR count). The summed E-state index contributed by atoms with van der Waals surface area (Å²) >= 11 is 0. The summed E-state index contributed by atoms with van der Waals surface area (Å²) in [7, 11) is 0. The molecule has 1 saturated heterocycles. The highest BCUT2D eigenvalue weighted by atomic mass is 16.5. The summed E-state index contributed by atoms with van der Waals surface area (Å²) in [5, 5.41) is 3.94. The van der Waals surface area contributed by atoms with Gasteiger partial charge in [0.2, 0.25) is 5.91 Å². The van der Waals surface area contributed by atoms with Crippen LogP contribution in [0.5, 0.6) is 5.75 Å². The fraction of sp³-hybridized carbons (Fsp3) is 0.348. The summed E-state index contributed by atoms with van der Waals surface area (Å²) in [6, 6.07) is 11.5. The lowest BCUT2D eigenvalue weighted by molar-refractivity contribution is -0.115. The molecule has 0 spiro atoms. The van der Waals surface area contributed by atoms with E-state index < -0.39 is 0 Å². The van der Waals surface area contributed by atoms with E-state index in [1.165, 1.54) is 5.56 Å². The Balaban J connectivity index is 1.40. The normalized spacial score (nSPS) is 16.4. The minimum atomic E-state index is -0.0859. The molecule has 1 aromatic heterocycles. The van der Waals surface area contributed by atoms with Gasteiger partial charge in [-0.2, -0.15) is 0 Å². The van der Waals surface area contributed by atoms with E-state index in [4.69, 9.17) is 13.9 Å². The van der Waals surface area contributed by atoms with E-state index in [9.17, 15) is 4.79 Å². The number of hydrogen-bond donors (Lipinski definition) is 1. The second-order valence-corrected chi connectivity index (χ2v) is 7.34. The van der Waals surface area contributed by atoms with Gasteiger partial charge < -0.3 is 19.2 Å². The number of anilines is 1. The van der Waals surface area contributed by atoms with Crippen molar-refractivity contribution in [3.05, 3.63) is 59.4 Å². The number of nitrogens with one attached hydrogen (secondary N) is 1. The molecule has 2 aromatic carbocycles. The van der Waals surface area contributed by atoms with Crippen LogP contribution in [0.1, 0.15) is 29.5 Å². The van der Waals surface area contributed by atoms with Gasteiger partial charge in [0.15, 0.2) is 0 Å². The molecule has 0 saturated carbocycles. The van der Waals surface area contributed by atoms with E-state index in [-0.39, 0.29) is 18.4 Å². The maximum absolute atomic E-state index is 12.5. The number of furan rings is 1. The maximum Gasteiger partial charge on any atom is 0.228 e. The Hall–Kier alpha value is -2.79. The molecular weight excluding hydrogens is 354 g/mol. The number of fused-ring (bicyclic) bond motifs is 1. The second-order valence-electron chi connectivity index (χ2n) is 7.34. The zero-order chi connectivity index (χ0) is 19.5. The van der Waals surface area contributed by atoms with Crippen molar-refractivity contribution in [1.82, 2.24) is 0 Å². The second kappa shape index (κ2) is 8.07. The Morgan fingerprint density at radius 1 is 1.25 bits per heavy atom. The Kier molecular flexibility index (Phi) is 5.35. The summed E-state index contributed by atoms with van der Waals surface area (Å²) in [5.41, 5.74) is 4.75. The quantitative estimate of drug-likeness (QED) is 0.669. The van der Waals surface area contributed by atoms with Gasteiger partial charge in [-0.15, -0.1) is 0 Å². The summed E-state index contributed by atoms with van der Waals surface area (Å²) in [6.07, 6.45) is 4.23. The number of rotatable bonds is 6. The van der Waals surface area contributed by atoms with Crippen molar-refractivity contribution in [2.24, 2.45) is 0 Å². The van der Waals surface area contributed by atoms with Crippen molar-refractivity contribution in [2.45, 2.75) is 39.2 Å². The topological polar surface area (TPSA) is 60.7 Å². The number of carbonyl (C=O) groups excluding carboxylic acids is 1. The molecule has 2 heterocycles. The molecule has 1 amide bonds. The van der Waals surface area contributed by atoms with Crippen molar-refractivity contribution >= 4 is 22.6 Å². The minimum absolute atomic E-state index is 0.0859. The summed E-state index contributed by atoms with van der Waals surface area (Å²) in [6.45, 7) is 5.44. The molecule has 1 aliphatic heterocycles. The summed E-state index contributed by atoms with van der Waals surface area (Å²) < 4.78 is 17.1. The molecule has 1 N–H and O–H groups in total. The van der Waals surface area contributed by atoms with Gasteiger partial charge in [0.05, 0.1) is 18.8 Å². The molecule has 146 valence electrons. The van der Waals surface area contributed by atoms with Crippen LogP contribution in [-0.4, -0.2) is 25.2 Å². The number of hydrogen-bond acceptors (Lipinski definition) is 4. The third-order valence-corrected chi connectivity index (χ3v) is 5.27. The third kappa shape index (κ3) is 4.04. The lowest BCUT2D eigenvalue weighted by Crippen LogP contribution is -2.17. The van der Waals surface area contributed by atoms with E-state index >= 15 is 0 Å². The van der Waals surface area contributed by atoms with E-state index in [0.717, 1.165) is 53.0 Å². The van der Waals surface area contributed by atoms with Crippen LogP contribution >= 0.6 is 0 Å². The Morgan fingerprint density at radius 3 is 2.96 bits per heavy atom. The van der Waals surface area contributed by atoms with Crippen LogP contribution in [0.25, 0.3) is 11.0 Å². The standard InChI is InChI=1S/C23H25NO4/c1-15-8-9-21-17(13-28-23(21)16(15)2)11-22(25)24-18-5-3-6-19(12-18)27-14-20-7-4-10-26-20/h3,5-6,8-9,12-13,20H,4,7,10-11,14H2,1-2H3,(H,24,25)/t20-/m1/s1. The molecule has 0 radical (unpaired) electrons. The third-order valence-electron chi connectivity index (χ3n) is 5.27. The molecule has 1 fully saturated rings. The summed E-state index contributed by atoms with van der Waals surface area (Å²) in [4.78, 5) is 12.5. The first-order valence-electron chi connectivity index (χ1n) is 9.71. The van der Waals surface area contributed by atoms with Crippen LogP contribution in [0.15, 0.2) is 47.1 Å². The summed E-state index contributed by atoms with van der Waals surface area (Å²) in [5.74, 6) is 0.644. The number of carbonyl (C=O) groups is 1. The van der Waals surface area contributed by atoms with Crippen molar-refractivity contribution in [3.63, 3.8) is 0 Å². The average molecular weight is 379 g/mol. The fourth-order valence-electron chi connectivity index (χ4n) is 3.53. The van der Waals surface area contributed by atoms with Crippen LogP contribution in [0.2, 0.25) is 0 Å². The van der Waals surface area contributed by atoms with Gasteiger partial charge in [-0.05, 0) is 49.9 Å². The molecule has 0 bridgehead atoms. The first-order chi connectivity index (χ1) is 13.6. The number of aryl methyl sites for hydroxylation is 2. The predicted octanol–water partition coefficient (Wildman–Crippen LogP) is 4.79. The van der Waals surface area contributed by atoms with Crippen molar-refractivity contribution in [1.29, 1.82) is 0 Å². The van der Waals surface area contributed by atoms with E-state index in [1.54, 1.807) is 6.26 Å². The SMILES string of the molecule is Cc1ccc2c(CC(=O)Nc3cccc(OC[C@H]4CCCO4)c3)coc2c1C. The molecule has 0 aliphatic carbocycles. The predicted molar refractivity (Wildman–Crippen MR) is 109 cm³/mol. The van der Waals surface area contributed by atoms with Gasteiger partial charge in [-0.25, -0.2) is 0 Å². The van der Waals surface area contributed by atoms with Crippen LogP contribution in [0, 0.1) is 13.8 Å². The molecular formula is C23H25NO4. The fourth-order valence-corrected chi connectivity index (χ4v) is 3.53. The highest BCUT2D eigenvalue weighted by Crippen LogP contribution is 2.27. The van der Waals surface area contributed by atoms with Crippen LogP contribution in [-0.2, 0) is 16.0 Å². The highest BCUT2D eigenvalue weighted by Gasteiger charge is 2.16. The van der Waals surface area contributed by atoms with Gasteiger partial charge in [0.25, 0.3) is 0 Å². The van der Waals surface area contributed by atoms with Crippen molar-refractivity contribution < 1.29 is 18.7 Å². The average Bonchev–Trinajstić information content (AvgIpc) is 3.34. The van der Waals surface area contributed by atoms with Crippen LogP contribution in [0.3, 0.4) is 0 Å². The van der Waals surface area contributed by atoms with Gasteiger partial charge >= 0.3 is 0 Å². The van der Waals surface area contributed by atoms with Crippen LogP contribution in [0.4, 0.5) is 5.69 Å². The smallest absolute Gasteiger partial charge is 0.228 e. The first kappa shape index (κ1) is 18.6. The molecule has 0 unspecified atom stereocenters. The van der Waals surface area contributed by atoms with Gasteiger partial charge in [0.1, 0.15) is 17.9 Å². The highest BCUT2D eigenvalue weighted by molar-refractivity contribution is 5.96. The first-order valence-corrected chi connectivity index (χ1v) is 9.71. The molecule has 1 aliphatic rings. The van der Waals surface area contributed by atoms with Gasteiger partial charge in [-0.1, -0.05) is 18.2 Å². The Bertz CT molecular complexity index is 985. The monoisotopic (exact) mass is 379 g/mol. The number of ether oxygens (including phenoxy) is 2. The molecule has 5 nitrogen and oxygen atoms in total. The maximum atomic E-state index is 12.5. The van der Waals surface area contributed by atoms with Crippen LogP contribution < -0.4 is 10.1 Å². The van der Waals surface area contributed by atoms with Gasteiger partial charge in [-0.3, -0.25) is 4.79 Å². The van der Waals surface area contributed by atoms with Crippen molar-refractivity contribution in [2.75, 3.05) is 18.5 Å².